The summed E-state index contributed by atoms with van der Waals surface area (Å²) in [6.45, 7) is 0. The number of hydrogen-bond donors (Lipinski definition) is 2. The summed E-state index contributed by atoms with van der Waals surface area (Å²) >= 11 is 6.36. The number of amides is 2. The average molecular weight is 627 g/mol. The highest BCUT2D eigenvalue weighted by molar-refractivity contribution is 6.31. The summed E-state index contributed by atoms with van der Waals surface area (Å²) in [6, 6.07) is 10.5. The van der Waals surface area contributed by atoms with Crippen LogP contribution < -0.4 is 15.5 Å². The Bertz CT molecular complexity index is 1990. The molecule has 0 saturated carbocycles. The van der Waals surface area contributed by atoms with Crippen molar-refractivity contribution >= 4 is 40.7 Å². The molecule has 6 rings (SSSR count). The standard InChI is InChI=1S/C30H20ClF5N6O2/c1-41(2)29-38-24-11-14(5-6-42(24)40-29)15-9-21-25(26(39-28(21)44)20-13-18(32)3-4-22(20)31)23(10-15)37-27(43)16-7-17(30(34,35)36)12-19(33)8-16/h3-13,26H,1-2H3,(H,37,43)(H,39,44). The number of benzene rings is 3. The van der Waals surface area contributed by atoms with Crippen LogP contribution in [0, 0.1) is 11.6 Å². The number of hydrogen-bond acceptors (Lipinski definition) is 5. The first kappa shape index (κ1) is 29.1. The molecule has 0 aliphatic carbocycles. The molecule has 1 aliphatic rings. The second-order valence-electron chi connectivity index (χ2n) is 10.3. The summed E-state index contributed by atoms with van der Waals surface area (Å²) in [7, 11) is 3.56. The van der Waals surface area contributed by atoms with Crippen LogP contribution >= 0.6 is 11.6 Å². The van der Waals surface area contributed by atoms with Crippen LogP contribution in [-0.4, -0.2) is 40.5 Å². The number of pyridine rings is 1. The lowest BCUT2D eigenvalue weighted by molar-refractivity contribution is -0.137. The van der Waals surface area contributed by atoms with E-state index in [4.69, 9.17) is 11.6 Å². The minimum atomic E-state index is -4.90. The van der Waals surface area contributed by atoms with Gasteiger partial charge in [0, 0.05) is 53.3 Å². The van der Waals surface area contributed by atoms with Gasteiger partial charge in [0.2, 0.25) is 5.95 Å². The second-order valence-corrected chi connectivity index (χ2v) is 10.7. The zero-order valence-corrected chi connectivity index (χ0v) is 23.6. The third kappa shape index (κ3) is 5.30. The van der Waals surface area contributed by atoms with Crippen LogP contribution in [0.3, 0.4) is 0 Å². The van der Waals surface area contributed by atoms with E-state index in [1.165, 1.54) is 12.1 Å². The van der Waals surface area contributed by atoms with Crippen LogP contribution in [-0.2, 0) is 6.18 Å². The molecule has 5 aromatic rings. The molecule has 0 bridgehead atoms. The molecule has 14 heteroatoms. The number of anilines is 2. The first-order valence-electron chi connectivity index (χ1n) is 13.0. The Balaban J connectivity index is 1.50. The molecular weight excluding hydrogens is 607 g/mol. The third-order valence-corrected chi connectivity index (χ3v) is 7.40. The Hall–Kier alpha value is -5.04. The number of carbonyl (C=O) groups excluding carboxylic acids is 2. The Kier molecular flexibility index (Phi) is 7.00. The van der Waals surface area contributed by atoms with E-state index in [1.54, 1.807) is 47.9 Å². The zero-order chi connectivity index (χ0) is 31.5. The highest BCUT2D eigenvalue weighted by Crippen LogP contribution is 2.42. The smallest absolute Gasteiger partial charge is 0.346 e. The van der Waals surface area contributed by atoms with Crippen LogP contribution in [0.25, 0.3) is 16.8 Å². The number of rotatable bonds is 5. The summed E-state index contributed by atoms with van der Waals surface area (Å²) in [5.41, 5.74) is 0.0417. The van der Waals surface area contributed by atoms with Crippen LogP contribution in [0.15, 0.2) is 66.9 Å². The molecule has 3 aromatic carbocycles. The summed E-state index contributed by atoms with van der Waals surface area (Å²) in [6.07, 6.45) is -3.25. The number of carbonyl (C=O) groups is 2. The van der Waals surface area contributed by atoms with E-state index in [9.17, 15) is 31.5 Å². The van der Waals surface area contributed by atoms with Crippen molar-refractivity contribution in [3.8, 4) is 11.1 Å². The molecule has 3 heterocycles. The van der Waals surface area contributed by atoms with Gasteiger partial charge in [-0.25, -0.2) is 13.3 Å². The molecule has 44 heavy (non-hydrogen) atoms. The number of halogens is 6. The van der Waals surface area contributed by atoms with Gasteiger partial charge in [0.1, 0.15) is 11.6 Å². The van der Waals surface area contributed by atoms with Crippen molar-refractivity contribution < 1.29 is 31.5 Å². The van der Waals surface area contributed by atoms with Crippen molar-refractivity contribution in [2.24, 2.45) is 0 Å². The van der Waals surface area contributed by atoms with E-state index in [-0.39, 0.29) is 33.5 Å². The molecule has 1 aliphatic heterocycles. The summed E-state index contributed by atoms with van der Waals surface area (Å²) in [4.78, 5) is 32.7. The minimum absolute atomic E-state index is 0.0133. The maximum Gasteiger partial charge on any atom is 0.416 e. The molecule has 1 unspecified atom stereocenters. The van der Waals surface area contributed by atoms with E-state index >= 15 is 0 Å². The maximum atomic E-state index is 14.3. The van der Waals surface area contributed by atoms with E-state index in [0.717, 1.165) is 12.1 Å². The predicted octanol–water partition coefficient (Wildman–Crippen LogP) is 6.50. The highest BCUT2D eigenvalue weighted by Gasteiger charge is 2.36. The van der Waals surface area contributed by atoms with E-state index in [0.29, 0.717) is 34.9 Å². The van der Waals surface area contributed by atoms with Crippen LogP contribution in [0.5, 0.6) is 0 Å². The monoisotopic (exact) mass is 626 g/mol. The largest absolute Gasteiger partial charge is 0.416 e. The molecule has 0 radical (unpaired) electrons. The first-order chi connectivity index (χ1) is 20.8. The van der Waals surface area contributed by atoms with Crippen LogP contribution in [0.1, 0.15) is 43.4 Å². The topological polar surface area (TPSA) is 91.6 Å². The summed E-state index contributed by atoms with van der Waals surface area (Å²) in [5.74, 6) is -3.07. The summed E-state index contributed by atoms with van der Waals surface area (Å²) in [5, 5.41) is 9.76. The molecular formula is C30H20ClF5N6O2. The number of nitrogens with one attached hydrogen (secondary N) is 2. The quantitative estimate of drug-likeness (QED) is 0.218. The van der Waals surface area contributed by atoms with Gasteiger partial charge in [0.05, 0.1) is 11.6 Å². The Morgan fingerprint density at radius 3 is 2.50 bits per heavy atom. The van der Waals surface area contributed by atoms with Crippen molar-refractivity contribution in [1.29, 1.82) is 0 Å². The van der Waals surface area contributed by atoms with Crippen molar-refractivity contribution in [2.45, 2.75) is 12.2 Å². The van der Waals surface area contributed by atoms with Crippen LogP contribution in [0.2, 0.25) is 5.02 Å². The fraction of sp³-hybridized carbons (Fsp3) is 0.133. The van der Waals surface area contributed by atoms with Gasteiger partial charge in [-0.1, -0.05) is 11.6 Å². The van der Waals surface area contributed by atoms with Gasteiger partial charge in [0.25, 0.3) is 11.8 Å². The molecule has 224 valence electrons. The van der Waals surface area contributed by atoms with Gasteiger partial charge in [-0.15, -0.1) is 5.10 Å². The fourth-order valence-corrected chi connectivity index (χ4v) is 5.22. The highest BCUT2D eigenvalue weighted by atomic mass is 35.5. The van der Waals surface area contributed by atoms with Crippen LogP contribution in [0.4, 0.5) is 33.6 Å². The lowest BCUT2D eigenvalue weighted by Crippen LogP contribution is -2.21. The van der Waals surface area contributed by atoms with Crippen molar-refractivity contribution in [3.63, 3.8) is 0 Å². The lowest BCUT2D eigenvalue weighted by Gasteiger charge is -2.19. The number of fused-ring (bicyclic) bond motifs is 2. The Morgan fingerprint density at radius 2 is 1.77 bits per heavy atom. The molecule has 1 atom stereocenters. The van der Waals surface area contributed by atoms with Gasteiger partial charge in [-0.2, -0.15) is 18.2 Å². The van der Waals surface area contributed by atoms with Crippen molar-refractivity contribution in [3.05, 3.63) is 111 Å². The maximum absolute atomic E-state index is 14.3. The lowest BCUT2D eigenvalue weighted by atomic mass is 9.92. The zero-order valence-electron chi connectivity index (χ0n) is 22.8. The molecule has 2 aromatic heterocycles. The first-order valence-corrected chi connectivity index (χ1v) is 13.3. The fourth-order valence-electron chi connectivity index (χ4n) is 4.99. The second kappa shape index (κ2) is 10.6. The SMILES string of the molecule is CN(C)c1nc2cc(-c3cc(NC(=O)c4cc(F)cc(C(F)(F)F)c4)c4c(c3)C(=O)NC4c3cc(F)ccc3Cl)ccn2n1. The third-order valence-electron chi connectivity index (χ3n) is 7.05. The number of alkyl halides is 3. The van der Waals surface area contributed by atoms with Gasteiger partial charge in [-0.05, 0) is 71.8 Å². The minimum Gasteiger partial charge on any atom is -0.346 e. The average Bonchev–Trinajstić information content (AvgIpc) is 3.54. The normalized spacial score (nSPS) is 14.5. The Morgan fingerprint density at radius 1 is 1.00 bits per heavy atom. The van der Waals surface area contributed by atoms with Gasteiger partial charge in [0.15, 0.2) is 5.65 Å². The number of nitrogens with zero attached hydrogens (tertiary/aromatic N) is 4. The molecule has 0 fully saturated rings. The molecule has 0 spiro atoms. The predicted molar refractivity (Wildman–Crippen MR) is 153 cm³/mol. The van der Waals surface area contributed by atoms with Gasteiger partial charge in [-0.3, -0.25) is 9.59 Å². The Labute approximate surface area is 251 Å². The van der Waals surface area contributed by atoms with Crippen molar-refractivity contribution in [2.75, 3.05) is 24.3 Å². The molecule has 8 nitrogen and oxygen atoms in total. The van der Waals surface area contributed by atoms with Gasteiger partial charge < -0.3 is 15.5 Å². The van der Waals surface area contributed by atoms with E-state index in [2.05, 4.69) is 20.7 Å². The van der Waals surface area contributed by atoms with E-state index in [1.807, 2.05) is 0 Å². The number of aromatic nitrogens is 3. The molecule has 2 amide bonds. The molecule has 0 saturated heterocycles. The van der Waals surface area contributed by atoms with E-state index < -0.39 is 46.8 Å². The van der Waals surface area contributed by atoms with Crippen molar-refractivity contribution in [1.82, 2.24) is 19.9 Å². The molecule has 2 N–H and O–H groups in total. The van der Waals surface area contributed by atoms with Gasteiger partial charge >= 0.3 is 6.18 Å². The summed E-state index contributed by atoms with van der Waals surface area (Å²) < 4.78 is 70.1.